The molecule has 0 bridgehead atoms. The molecule has 2 N–H and O–H groups in total. The molecule has 0 aromatic heterocycles. The highest BCUT2D eigenvalue weighted by molar-refractivity contribution is 7.61. The molecular formula is C25H34NO6P. The number of carboxylic acid groups (broad SMARTS) is 1. The first-order valence-corrected chi connectivity index (χ1v) is 13.2. The van der Waals surface area contributed by atoms with Crippen LogP contribution >= 0.6 is 7.37 Å². The van der Waals surface area contributed by atoms with Crippen LogP contribution < -0.4 is 5.32 Å². The van der Waals surface area contributed by atoms with Crippen molar-refractivity contribution in [3.63, 3.8) is 0 Å². The minimum absolute atomic E-state index is 0.0233. The van der Waals surface area contributed by atoms with E-state index in [9.17, 15) is 19.3 Å². The summed E-state index contributed by atoms with van der Waals surface area (Å²) < 4.78 is 24.9. The Balaban J connectivity index is 2.15. The second-order valence-corrected chi connectivity index (χ2v) is 10.7. The molecule has 33 heavy (non-hydrogen) atoms. The first-order valence-electron chi connectivity index (χ1n) is 11.4. The lowest BCUT2D eigenvalue weighted by atomic mass is 10.1. The van der Waals surface area contributed by atoms with Gasteiger partial charge in [-0.05, 0) is 43.7 Å². The van der Waals surface area contributed by atoms with E-state index in [1.165, 1.54) is 0 Å². The van der Waals surface area contributed by atoms with Gasteiger partial charge in [-0.1, -0.05) is 74.0 Å². The number of alkyl carbamates (subject to hydrolysis) is 1. The standard InChI is InChI=1S/C25H34NO6P/c1-3-18-25(23(27)28,26-24(29)31-20-22-16-9-6-10-17-22)33(30,32-4-2)19-12-11-15-21-13-7-5-8-14-21/h5-10,13-14,16-17H,3-4,11-12,15,18-20H2,1-2H3,(H,26,29)(H,27,28). The number of carbonyl (C=O) groups excluding carboxylic acids is 1. The Hall–Kier alpha value is -2.63. The Morgan fingerprint density at radius 2 is 1.58 bits per heavy atom. The molecule has 0 spiro atoms. The highest BCUT2D eigenvalue weighted by Gasteiger charge is 2.56. The summed E-state index contributed by atoms with van der Waals surface area (Å²) in [4.78, 5) is 25.1. The topological polar surface area (TPSA) is 102 Å². The zero-order chi connectivity index (χ0) is 24.2. The third kappa shape index (κ3) is 7.44. The molecule has 0 heterocycles. The predicted molar refractivity (Wildman–Crippen MR) is 129 cm³/mol. The molecule has 0 aliphatic heterocycles. The molecular weight excluding hydrogens is 441 g/mol. The maximum atomic E-state index is 14.0. The van der Waals surface area contributed by atoms with E-state index >= 15 is 0 Å². The number of hydrogen-bond acceptors (Lipinski definition) is 5. The van der Waals surface area contributed by atoms with Crippen LogP contribution in [0.4, 0.5) is 4.79 Å². The molecule has 2 unspecified atom stereocenters. The predicted octanol–water partition coefficient (Wildman–Crippen LogP) is 5.83. The van der Waals surface area contributed by atoms with Crippen LogP contribution in [0.3, 0.4) is 0 Å². The number of unbranched alkanes of at least 4 members (excludes halogenated alkanes) is 1. The molecule has 2 atom stereocenters. The van der Waals surface area contributed by atoms with Gasteiger partial charge in [-0.15, -0.1) is 0 Å². The van der Waals surface area contributed by atoms with E-state index in [1.807, 2.05) is 48.5 Å². The van der Waals surface area contributed by atoms with E-state index in [2.05, 4.69) is 5.32 Å². The van der Waals surface area contributed by atoms with Gasteiger partial charge in [0.15, 0.2) is 0 Å². The number of benzene rings is 2. The lowest BCUT2D eigenvalue weighted by molar-refractivity contribution is -0.141. The van der Waals surface area contributed by atoms with Gasteiger partial charge in [0.2, 0.25) is 12.6 Å². The lowest BCUT2D eigenvalue weighted by Crippen LogP contribution is -2.55. The molecule has 0 fully saturated rings. The summed E-state index contributed by atoms with van der Waals surface area (Å²) in [5, 5.41) is 10.6. The molecule has 2 rings (SSSR count). The normalized spacial score (nSPS) is 14.6. The van der Waals surface area contributed by atoms with Crippen molar-refractivity contribution in [3.8, 4) is 0 Å². The Morgan fingerprint density at radius 1 is 0.970 bits per heavy atom. The number of ether oxygens (including phenoxy) is 1. The molecule has 0 saturated carbocycles. The first-order chi connectivity index (χ1) is 15.9. The summed E-state index contributed by atoms with van der Waals surface area (Å²) >= 11 is 0. The summed E-state index contributed by atoms with van der Waals surface area (Å²) in [5.41, 5.74) is 1.92. The fourth-order valence-electron chi connectivity index (χ4n) is 3.78. The van der Waals surface area contributed by atoms with Crippen LogP contribution in [0, 0.1) is 0 Å². The monoisotopic (exact) mass is 475 g/mol. The molecule has 0 aliphatic carbocycles. The van der Waals surface area contributed by atoms with E-state index in [-0.39, 0.29) is 25.8 Å². The number of carbonyl (C=O) groups is 2. The van der Waals surface area contributed by atoms with Crippen molar-refractivity contribution in [1.29, 1.82) is 0 Å². The molecule has 8 heteroatoms. The van der Waals surface area contributed by atoms with Gasteiger partial charge in [-0.3, -0.25) is 9.88 Å². The van der Waals surface area contributed by atoms with Crippen LogP contribution in [0.15, 0.2) is 60.7 Å². The molecule has 7 nitrogen and oxygen atoms in total. The van der Waals surface area contributed by atoms with Crippen molar-refractivity contribution in [2.75, 3.05) is 12.8 Å². The quantitative estimate of drug-likeness (QED) is 0.263. The smallest absolute Gasteiger partial charge is 0.408 e. The van der Waals surface area contributed by atoms with Crippen LogP contribution in [-0.4, -0.2) is 35.2 Å². The number of aliphatic carboxylic acids is 1. The van der Waals surface area contributed by atoms with Gasteiger partial charge in [0.05, 0.1) is 6.61 Å². The fourth-order valence-corrected chi connectivity index (χ4v) is 6.69. The second-order valence-electron chi connectivity index (χ2n) is 7.86. The molecule has 2 aromatic carbocycles. The summed E-state index contributed by atoms with van der Waals surface area (Å²) in [7, 11) is -3.82. The number of hydrogen-bond donors (Lipinski definition) is 2. The highest BCUT2D eigenvalue weighted by atomic mass is 31.2. The number of nitrogens with one attached hydrogen (secondary N) is 1. The van der Waals surface area contributed by atoms with Gasteiger partial charge >= 0.3 is 12.1 Å². The summed E-state index contributed by atoms with van der Waals surface area (Å²) in [6.45, 7) is 3.50. The van der Waals surface area contributed by atoms with Crippen LogP contribution in [0.5, 0.6) is 0 Å². The van der Waals surface area contributed by atoms with Gasteiger partial charge < -0.3 is 14.4 Å². The van der Waals surface area contributed by atoms with E-state index in [1.54, 1.807) is 26.0 Å². The Morgan fingerprint density at radius 3 is 2.12 bits per heavy atom. The molecule has 0 radical (unpaired) electrons. The third-order valence-electron chi connectivity index (χ3n) is 5.42. The SMILES string of the molecule is CCCC(NC(=O)OCc1ccccc1)(C(=O)O)P(=O)(CCCCc1ccccc1)OCC. The van der Waals surface area contributed by atoms with Crippen LogP contribution in [-0.2, 0) is 31.6 Å². The van der Waals surface area contributed by atoms with Crippen molar-refractivity contribution < 1.29 is 28.5 Å². The van der Waals surface area contributed by atoms with Crippen molar-refractivity contribution in [2.45, 2.75) is 57.8 Å². The summed E-state index contributed by atoms with van der Waals surface area (Å²) in [6.07, 6.45) is 1.50. The van der Waals surface area contributed by atoms with Crippen molar-refractivity contribution in [2.24, 2.45) is 0 Å². The average molecular weight is 476 g/mol. The van der Waals surface area contributed by atoms with Gasteiger partial charge in [0.25, 0.3) is 0 Å². The Bertz CT molecular complexity index is 921. The molecule has 0 aliphatic rings. The minimum Gasteiger partial charge on any atom is -0.479 e. The van der Waals surface area contributed by atoms with Crippen molar-refractivity contribution in [3.05, 3.63) is 71.8 Å². The molecule has 180 valence electrons. The zero-order valence-corrected chi connectivity index (χ0v) is 20.3. The van der Waals surface area contributed by atoms with E-state index < -0.39 is 24.7 Å². The average Bonchev–Trinajstić information content (AvgIpc) is 2.81. The third-order valence-corrected chi connectivity index (χ3v) is 8.69. The summed E-state index contributed by atoms with van der Waals surface area (Å²) in [6, 6.07) is 19.0. The van der Waals surface area contributed by atoms with Crippen LogP contribution in [0.25, 0.3) is 0 Å². The van der Waals surface area contributed by atoms with Crippen LogP contribution in [0.1, 0.15) is 50.7 Å². The number of rotatable bonds is 14. The maximum Gasteiger partial charge on any atom is 0.408 e. The first kappa shape index (κ1) is 26.6. The van der Waals surface area contributed by atoms with Crippen LogP contribution in [0.2, 0.25) is 0 Å². The number of amides is 1. The fraction of sp³-hybridized carbons (Fsp3) is 0.440. The van der Waals surface area contributed by atoms with E-state index in [0.717, 1.165) is 24.0 Å². The van der Waals surface area contributed by atoms with Gasteiger partial charge in [-0.2, -0.15) is 0 Å². The van der Waals surface area contributed by atoms with Gasteiger partial charge in [-0.25, -0.2) is 9.59 Å². The van der Waals surface area contributed by atoms with E-state index in [4.69, 9.17) is 9.26 Å². The van der Waals surface area contributed by atoms with Gasteiger partial charge in [0, 0.05) is 6.16 Å². The van der Waals surface area contributed by atoms with Gasteiger partial charge in [0.1, 0.15) is 6.61 Å². The number of carboxylic acids is 1. The molecule has 1 amide bonds. The Labute approximate surface area is 196 Å². The Kier molecular flexibility index (Phi) is 10.6. The summed E-state index contributed by atoms with van der Waals surface area (Å²) in [5.74, 6) is -1.37. The lowest BCUT2D eigenvalue weighted by Gasteiger charge is -2.36. The molecule has 2 aromatic rings. The highest BCUT2D eigenvalue weighted by Crippen LogP contribution is 2.60. The number of aryl methyl sites for hydroxylation is 1. The van der Waals surface area contributed by atoms with Crippen molar-refractivity contribution in [1.82, 2.24) is 5.32 Å². The van der Waals surface area contributed by atoms with E-state index in [0.29, 0.717) is 12.8 Å². The van der Waals surface area contributed by atoms with Crippen molar-refractivity contribution >= 4 is 19.4 Å². The second kappa shape index (κ2) is 13.2. The zero-order valence-electron chi connectivity index (χ0n) is 19.4. The minimum atomic E-state index is -3.82. The molecule has 0 saturated heterocycles. The maximum absolute atomic E-state index is 14.0. The largest absolute Gasteiger partial charge is 0.479 e.